The molecule has 1 aromatic carbocycles. The molecule has 0 aliphatic carbocycles. The number of nitrogens with one attached hydrogen (secondary N) is 1. The molecule has 0 bridgehead atoms. The van der Waals surface area contributed by atoms with Gasteiger partial charge in [0, 0.05) is 12.1 Å². The number of nitrogens with two attached hydrogens (primary N) is 1. The van der Waals surface area contributed by atoms with Crippen LogP contribution in [0.1, 0.15) is 32.3 Å². The highest BCUT2D eigenvalue weighted by molar-refractivity contribution is 5.27. The standard InChI is InChI=1S/C15H24F2N2O/c1-3-10-19-15(2,11-18)9-8-12-4-6-13(7-5-12)20-14(16)17/h4-7,14,19H,3,8-11,18H2,1-2H3. The summed E-state index contributed by atoms with van der Waals surface area (Å²) >= 11 is 0. The van der Waals surface area contributed by atoms with Crippen LogP contribution in [0.15, 0.2) is 24.3 Å². The molecule has 0 spiro atoms. The van der Waals surface area contributed by atoms with Crippen LogP contribution in [0.25, 0.3) is 0 Å². The van der Waals surface area contributed by atoms with Crippen LogP contribution in [0.5, 0.6) is 5.75 Å². The van der Waals surface area contributed by atoms with E-state index in [2.05, 4.69) is 23.9 Å². The Morgan fingerprint density at radius 3 is 2.45 bits per heavy atom. The van der Waals surface area contributed by atoms with Gasteiger partial charge in [-0.05, 0) is 50.4 Å². The van der Waals surface area contributed by atoms with Crippen LogP contribution in [0.2, 0.25) is 0 Å². The third kappa shape index (κ3) is 5.84. The summed E-state index contributed by atoms with van der Waals surface area (Å²) < 4.78 is 28.4. The Hall–Kier alpha value is -1.20. The first-order valence-corrected chi connectivity index (χ1v) is 6.98. The van der Waals surface area contributed by atoms with E-state index in [9.17, 15) is 8.78 Å². The minimum Gasteiger partial charge on any atom is -0.435 e. The van der Waals surface area contributed by atoms with Gasteiger partial charge in [0.15, 0.2) is 0 Å². The van der Waals surface area contributed by atoms with Crippen LogP contribution in [0.3, 0.4) is 0 Å². The highest BCUT2D eigenvalue weighted by Gasteiger charge is 2.20. The lowest BCUT2D eigenvalue weighted by Gasteiger charge is -2.29. The van der Waals surface area contributed by atoms with Gasteiger partial charge >= 0.3 is 6.61 Å². The van der Waals surface area contributed by atoms with Crippen molar-refractivity contribution in [3.8, 4) is 5.75 Å². The Kier molecular flexibility index (Phi) is 6.88. The largest absolute Gasteiger partial charge is 0.435 e. The van der Waals surface area contributed by atoms with Crippen LogP contribution < -0.4 is 15.8 Å². The number of alkyl halides is 2. The van der Waals surface area contributed by atoms with E-state index < -0.39 is 6.61 Å². The van der Waals surface area contributed by atoms with E-state index in [0.717, 1.165) is 31.4 Å². The zero-order valence-corrected chi connectivity index (χ0v) is 12.2. The van der Waals surface area contributed by atoms with E-state index in [0.29, 0.717) is 6.54 Å². The van der Waals surface area contributed by atoms with Crippen LogP contribution in [0, 0.1) is 0 Å². The van der Waals surface area contributed by atoms with Crippen LogP contribution in [0.4, 0.5) is 8.78 Å². The summed E-state index contributed by atoms with van der Waals surface area (Å²) in [6.45, 7) is 2.96. The first-order valence-electron chi connectivity index (χ1n) is 6.98. The molecule has 20 heavy (non-hydrogen) atoms. The summed E-state index contributed by atoms with van der Waals surface area (Å²) in [5.74, 6) is 0.189. The van der Waals surface area contributed by atoms with Crippen LogP contribution >= 0.6 is 0 Å². The van der Waals surface area contributed by atoms with Crippen molar-refractivity contribution in [3.05, 3.63) is 29.8 Å². The quantitative estimate of drug-likeness (QED) is 0.733. The van der Waals surface area contributed by atoms with Crippen molar-refractivity contribution in [3.63, 3.8) is 0 Å². The molecular weight excluding hydrogens is 262 g/mol. The Balaban J connectivity index is 2.51. The van der Waals surface area contributed by atoms with Gasteiger partial charge in [-0.1, -0.05) is 19.1 Å². The zero-order chi connectivity index (χ0) is 15.0. The molecule has 0 amide bonds. The molecule has 1 atom stereocenters. The first kappa shape index (κ1) is 16.9. The monoisotopic (exact) mass is 286 g/mol. The predicted molar refractivity (Wildman–Crippen MR) is 77.1 cm³/mol. The van der Waals surface area contributed by atoms with E-state index in [4.69, 9.17) is 5.73 Å². The third-order valence-electron chi connectivity index (χ3n) is 3.37. The van der Waals surface area contributed by atoms with Crippen LogP contribution in [-0.2, 0) is 6.42 Å². The molecule has 0 saturated carbocycles. The highest BCUT2D eigenvalue weighted by Crippen LogP contribution is 2.18. The second kappa shape index (κ2) is 8.17. The number of ether oxygens (including phenoxy) is 1. The molecular formula is C15H24F2N2O. The van der Waals surface area contributed by atoms with Gasteiger partial charge in [-0.2, -0.15) is 8.78 Å². The zero-order valence-electron chi connectivity index (χ0n) is 12.2. The summed E-state index contributed by atoms with van der Waals surface area (Å²) in [6, 6.07) is 6.77. The summed E-state index contributed by atoms with van der Waals surface area (Å²) in [6.07, 6.45) is 2.81. The molecule has 0 fully saturated rings. The van der Waals surface area contributed by atoms with Gasteiger partial charge in [-0.15, -0.1) is 0 Å². The topological polar surface area (TPSA) is 47.3 Å². The Morgan fingerprint density at radius 2 is 1.95 bits per heavy atom. The molecule has 0 heterocycles. The molecule has 0 saturated heterocycles. The van der Waals surface area contributed by atoms with E-state index in [1.807, 2.05) is 12.1 Å². The maximum Gasteiger partial charge on any atom is 0.387 e. The molecule has 114 valence electrons. The van der Waals surface area contributed by atoms with Gasteiger partial charge in [0.2, 0.25) is 0 Å². The van der Waals surface area contributed by atoms with E-state index in [-0.39, 0.29) is 11.3 Å². The van der Waals surface area contributed by atoms with Crippen molar-refractivity contribution < 1.29 is 13.5 Å². The molecule has 1 aromatic rings. The van der Waals surface area contributed by atoms with Gasteiger partial charge in [0.1, 0.15) is 5.75 Å². The van der Waals surface area contributed by atoms with E-state index >= 15 is 0 Å². The lowest BCUT2D eigenvalue weighted by Crippen LogP contribution is -2.49. The van der Waals surface area contributed by atoms with Crippen molar-refractivity contribution in [2.75, 3.05) is 13.1 Å². The second-order valence-electron chi connectivity index (χ2n) is 5.21. The molecule has 0 aliphatic heterocycles. The molecule has 5 heteroatoms. The maximum absolute atomic E-state index is 12.0. The second-order valence-corrected chi connectivity index (χ2v) is 5.21. The Labute approximate surface area is 119 Å². The molecule has 1 rings (SSSR count). The Morgan fingerprint density at radius 1 is 1.30 bits per heavy atom. The van der Waals surface area contributed by atoms with Gasteiger partial charge in [-0.25, -0.2) is 0 Å². The predicted octanol–water partition coefficient (Wildman–Crippen LogP) is 2.94. The molecule has 3 nitrogen and oxygen atoms in total. The third-order valence-corrected chi connectivity index (χ3v) is 3.37. The minimum absolute atomic E-state index is 0.0891. The summed E-state index contributed by atoms with van der Waals surface area (Å²) in [5, 5.41) is 3.45. The smallest absolute Gasteiger partial charge is 0.387 e. The Bertz CT molecular complexity index is 384. The van der Waals surface area contributed by atoms with E-state index in [1.54, 1.807) is 12.1 Å². The van der Waals surface area contributed by atoms with Gasteiger partial charge in [-0.3, -0.25) is 0 Å². The summed E-state index contributed by atoms with van der Waals surface area (Å²) in [4.78, 5) is 0. The van der Waals surface area contributed by atoms with E-state index in [1.165, 1.54) is 0 Å². The van der Waals surface area contributed by atoms with Gasteiger partial charge in [0.25, 0.3) is 0 Å². The molecule has 0 aromatic heterocycles. The minimum atomic E-state index is -2.78. The summed E-state index contributed by atoms with van der Waals surface area (Å²) in [7, 11) is 0. The molecule has 3 N–H and O–H groups in total. The lowest BCUT2D eigenvalue weighted by atomic mass is 9.93. The van der Waals surface area contributed by atoms with Crippen molar-refractivity contribution >= 4 is 0 Å². The maximum atomic E-state index is 12.0. The normalized spacial score (nSPS) is 14.3. The van der Waals surface area contributed by atoms with Crippen molar-refractivity contribution in [2.45, 2.75) is 45.3 Å². The fraction of sp³-hybridized carbons (Fsp3) is 0.600. The lowest BCUT2D eigenvalue weighted by molar-refractivity contribution is -0.0498. The van der Waals surface area contributed by atoms with Crippen molar-refractivity contribution in [1.29, 1.82) is 0 Å². The van der Waals surface area contributed by atoms with Gasteiger partial charge in [0.05, 0.1) is 0 Å². The number of aryl methyl sites for hydroxylation is 1. The number of rotatable bonds is 9. The number of benzene rings is 1. The fourth-order valence-electron chi connectivity index (χ4n) is 1.95. The molecule has 0 radical (unpaired) electrons. The summed E-state index contributed by atoms with van der Waals surface area (Å²) in [5.41, 5.74) is 6.82. The number of hydrogen-bond acceptors (Lipinski definition) is 3. The first-order chi connectivity index (χ1) is 9.49. The average molecular weight is 286 g/mol. The fourth-order valence-corrected chi connectivity index (χ4v) is 1.95. The van der Waals surface area contributed by atoms with Crippen LogP contribution in [-0.4, -0.2) is 25.2 Å². The SMILES string of the molecule is CCCNC(C)(CN)CCc1ccc(OC(F)F)cc1. The number of halogens is 2. The van der Waals surface area contributed by atoms with Gasteiger partial charge < -0.3 is 15.8 Å². The number of hydrogen-bond donors (Lipinski definition) is 2. The van der Waals surface area contributed by atoms with Crippen molar-refractivity contribution in [2.24, 2.45) is 5.73 Å². The molecule has 1 unspecified atom stereocenters. The average Bonchev–Trinajstić information content (AvgIpc) is 2.44. The molecule has 0 aliphatic rings. The highest BCUT2D eigenvalue weighted by atomic mass is 19.3. The van der Waals surface area contributed by atoms with Crippen molar-refractivity contribution in [1.82, 2.24) is 5.32 Å².